The predicted molar refractivity (Wildman–Crippen MR) is 73.2 cm³/mol. The molecule has 1 aromatic heterocycles. The molecule has 0 bridgehead atoms. The number of hydrogen-bond donors (Lipinski definition) is 2. The Balaban J connectivity index is 1.98. The number of amides is 1. The van der Waals surface area contributed by atoms with E-state index in [0.717, 1.165) is 11.3 Å². The molecule has 1 aliphatic rings. The van der Waals surface area contributed by atoms with Crippen LogP contribution in [0.1, 0.15) is 18.9 Å². The fourth-order valence-electron chi connectivity index (χ4n) is 2.17. The highest BCUT2D eigenvalue weighted by Crippen LogP contribution is 2.21. The fraction of sp³-hybridized carbons (Fsp3) is 0.545. The monoisotopic (exact) mass is 303 g/mol. The first-order chi connectivity index (χ1) is 8.91. The lowest BCUT2D eigenvalue weighted by Gasteiger charge is -2.14. The Kier molecular flexibility index (Phi) is 4.24. The number of thiophene rings is 1. The number of nitrogens with one attached hydrogen (secondary N) is 1. The number of likely N-dealkylation sites (N-methyl/N-ethyl adjacent to an activating group) is 1. The summed E-state index contributed by atoms with van der Waals surface area (Å²) in [6.07, 6.45) is 0.461. The Morgan fingerprint density at radius 3 is 2.89 bits per heavy atom. The zero-order chi connectivity index (χ0) is 14.0. The van der Waals surface area contributed by atoms with Crippen molar-refractivity contribution in [1.82, 2.24) is 10.2 Å². The van der Waals surface area contributed by atoms with Crippen LogP contribution in [0.25, 0.3) is 0 Å². The Hall–Kier alpha value is -0.960. The number of likely N-dealkylation sites (tertiary alicyclic amines) is 1. The number of carbonyl (C=O) groups is 1. The van der Waals surface area contributed by atoms with Gasteiger partial charge in [0.15, 0.2) is 0 Å². The van der Waals surface area contributed by atoms with E-state index in [4.69, 9.17) is 5.14 Å². The molecule has 19 heavy (non-hydrogen) atoms. The van der Waals surface area contributed by atoms with Crippen molar-refractivity contribution in [2.75, 3.05) is 13.1 Å². The van der Waals surface area contributed by atoms with E-state index in [1.165, 1.54) is 0 Å². The molecule has 0 aromatic carbocycles. The average molecular weight is 303 g/mol. The van der Waals surface area contributed by atoms with Gasteiger partial charge in [-0.05, 0) is 23.9 Å². The van der Waals surface area contributed by atoms with Gasteiger partial charge in [0, 0.05) is 32.1 Å². The molecule has 2 heterocycles. The van der Waals surface area contributed by atoms with Crippen molar-refractivity contribution in [3.05, 3.63) is 17.0 Å². The van der Waals surface area contributed by atoms with Crippen LogP contribution in [0.4, 0.5) is 0 Å². The van der Waals surface area contributed by atoms with Crippen LogP contribution in [0.15, 0.2) is 15.7 Å². The molecule has 3 N–H and O–H groups in total. The largest absolute Gasteiger partial charge is 0.341 e. The number of hydrogen-bond acceptors (Lipinski definition) is 5. The molecule has 8 heteroatoms. The Labute approximate surface area is 116 Å². The van der Waals surface area contributed by atoms with Gasteiger partial charge in [0.05, 0.1) is 0 Å². The molecule has 2 rings (SSSR count). The molecule has 106 valence electrons. The van der Waals surface area contributed by atoms with Gasteiger partial charge in [0.25, 0.3) is 0 Å². The third-order valence-electron chi connectivity index (χ3n) is 3.14. The minimum atomic E-state index is -3.66. The Morgan fingerprint density at radius 2 is 2.32 bits per heavy atom. The zero-order valence-corrected chi connectivity index (χ0v) is 12.3. The summed E-state index contributed by atoms with van der Waals surface area (Å²) in [5, 5.41) is 10.1. The van der Waals surface area contributed by atoms with Gasteiger partial charge in [-0.2, -0.15) is 0 Å². The maximum atomic E-state index is 11.6. The number of sulfonamides is 1. The molecule has 1 fully saturated rings. The summed E-state index contributed by atoms with van der Waals surface area (Å²) >= 11 is 1.11. The number of nitrogens with two attached hydrogens (primary N) is 1. The Morgan fingerprint density at radius 1 is 1.58 bits per heavy atom. The van der Waals surface area contributed by atoms with E-state index in [1.54, 1.807) is 16.3 Å². The van der Waals surface area contributed by atoms with Gasteiger partial charge in [-0.15, -0.1) is 11.3 Å². The molecular weight excluding hydrogens is 286 g/mol. The van der Waals surface area contributed by atoms with Crippen LogP contribution < -0.4 is 10.5 Å². The van der Waals surface area contributed by atoms with Gasteiger partial charge < -0.3 is 10.2 Å². The quantitative estimate of drug-likeness (QED) is 0.807. The van der Waals surface area contributed by atoms with Gasteiger partial charge in [-0.25, -0.2) is 13.6 Å². The molecular formula is C11H17N3O3S2. The van der Waals surface area contributed by atoms with E-state index in [1.807, 2.05) is 6.92 Å². The molecule has 1 aromatic rings. The van der Waals surface area contributed by atoms with Crippen LogP contribution in [0, 0.1) is 0 Å². The van der Waals surface area contributed by atoms with Crippen LogP contribution in [-0.2, 0) is 21.4 Å². The van der Waals surface area contributed by atoms with Crippen molar-refractivity contribution in [3.8, 4) is 0 Å². The molecule has 0 radical (unpaired) electrons. The lowest BCUT2D eigenvalue weighted by Crippen LogP contribution is -2.32. The van der Waals surface area contributed by atoms with Gasteiger partial charge in [0.1, 0.15) is 4.21 Å². The standard InChI is InChI=1S/C11H17N3O3S2/c1-2-14-7-9(5-10(14)15)13-6-8-3-4-18-11(8)19(12,16)17/h3-4,9,13H,2,5-7H2,1H3,(H2,12,16,17). The lowest BCUT2D eigenvalue weighted by molar-refractivity contribution is -0.127. The molecule has 0 aliphatic carbocycles. The van der Waals surface area contributed by atoms with Crippen LogP contribution >= 0.6 is 11.3 Å². The van der Waals surface area contributed by atoms with Crippen molar-refractivity contribution < 1.29 is 13.2 Å². The summed E-state index contributed by atoms with van der Waals surface area (Å²) in [6.45, 7) is 3.73. The number of rotatable bonds is 5. The maximum absolute atomic E-state index is 11.6. The highest BCUT2D eigenvalue weighted by molar-refractivity contribution is 7.91. The molecule has 1 saturated heterocycles. The molecule has 1 unspecified atom stereocenters. The number of primary sulfonamides is 1. The third-order valence-corrected chi connectivity index (χ3v) is 5.66. The zero-order valence-electron chi connectivity index (χ0n) is 10.6. The van der Waals surface area contributed by atoms with Crippen molar-refractivity contribution in [3.63, 3.8) is 0 Å². The van der Waals surface area contributed by atoms with Crippen molar-refractivity contribution >= 4 is 27.3 Å². The smallest absolute Gasteiger partial charge is 0.247 e. The van der Waals surface area contributed by atoms with E-state index in [-0.39, 0.29) is 16.2 Å². The SMILES string of the molecule is CCN1CC(NCc2ccsc2S(N)(=O)=O)CC1=O. The topological polar surface area (TPSA) is 92.5 Å². The first-order valence-corrected chi connectivity index (χ1v) is 8.44. The molecule has 0 saturated carbocycles. The molecule has 6 nitrogen and oxygen atoms in total. The Bertz CT molecular complexity index is 567. The second kappa shape index (κ2) is 5.58. The van der Waals surface area contributed by atoms with Gasteiger partial charge >= 0.3 is 0 Å². The fourth-order valence-corrected chi connectivity index (χ4v) is 4.03. The highest BCUT2D eigenvalue weighted by Gasteiger charge is 2.28. The minimum Gasteiger partial charge on any atom is -0.341 e. The van der Waals surface area contributed by atoms with Gasteiger partial charge in [-0.3, -0.25) is 4.79 Å². The van der Waals surface area contributed by atoms with E-state index in [0.29, 0.717) is 31.6 Å². The molecule has 1 aliphatic heterocycles. The molecule has 1 amide bonds. The lowest BCUT2D eigenvalue weighted by atomic mass is 10.2. The van der Waals surface area contributed by atoms with E-state index in [2.05, 4.69) is 5.32 Å². The van der Waals surface area contributed by atoms with E-state index < -0.39 is 10.0 Å². The summed E-state index contributed by atoms with van der Waals surface area (Å²) in [5.41, 5.74) is 0.662. The average Bonchev–Trinajstić information content (AvgIpc) is 2.91. The summed E-state index contributed by atoms with van der Waals surface area (Å²) < 4.78 is 22.9. The predicted octanol–water partition coefficient (Wildman–Crippen LogP) is 0.106. The summed E-state index contributed by atoms with van der Waals surface area (Å²) in [6, 6.07) is 1.81. The summed E-state index contributed by atoms with van der Waals surface area (Å²) in [4.78, 5) is 13.4. The van der Waals surface area contributed by atoms with Crippen LogP contribution in [0.2, 0.25) is 0 Å². The highest BCUT2D eigenvalue weighted by atomic mass is 32.2. The second-order valence-corrected chi connectivity index (χ2v) is 7.17. The normalized spacial score (nSPS) is 20.2. The molecule has 1 atom stereocenters. The first-order valence-electron chi connectivity index (χ1n) is 6.02. The third kappa shape index (κ3) is 3.33. The van der Waals surface area contributed by atoms with Crippen molar-refractivity contribution in [2.45, 2.75) is 30.1 Å². The van der Waals surface area contributed by atoms with Crippen molar-refractivity contribution in [1.29, 1.82) is 0 Å². The summed E-state index contributed by atoms with van der Waals surface area (Å²) in [7, 11) is -3.66. The maximum Gasteiger partial charge on any atom is 0.247 e. The first kappa shape index (κ1) is 14.4. The van der Waals surface area contributed by atoms with Gasteiger partial charge in [-0.1, -0.05) is 0 Å². The van der Waals surface area contributed by atoms with E-state index in [9.17, 15) is 13.2 Å². The number of carbonyl (C=O) groups excluding carboxylic acids is 1. The summed E-state index contributed by atoms with van der Waals surface area (Å²) in [5.74, 6) is 0.136. The van der Waals surface area contributed by atoms with Crippen LogP contribution in [0.3, 0.4) is 0 Å². The number of nitrogens with zero attached hydrogens (tertiary/aromatic N) is 1. The van der Waals surface area contributed by atoms with Crippen LogP contribution in [-0.4, -0.2) is 38.4 Å². The van der Waals surface area contributed by atoms with Crippen molar-refractivity contribution in [2.24, 2.45) is 5.14 Å². The second-order valence-electron chi connectivity index (χ2n) is 4.49. The minimum absolute atomic E-state index is 0.0701. The van der Waals surface area contributed by atoms with Crippen LogP contribution in [0.5, 0.6) is 0 Å². The van der Waals surface area contributed by atoms with Gasteiger partial charge in [0.2, 0.25) is 15.9 Å². The van der Waals surface area contributed by atoms with E-state index >= 15 is 0 Å². The molecule has 0 spiro atoms.